The second kappa shape index (κ2) is 8.71. The first-order valence-electron chi connectivity index (χ1n) is 7.56. The Kier molecular flexibility index (Phi) is 7.80. The molecule has 2 rings (SSSR count). The number of hydrogen-bond acceptors (Lipinski definition) is 7. The molecule has 0 spiro atoms. The van der Waals surface area contributed by atoms with Crippen molar-refractivity contribution in [3.63, 3.8) is 0 Å². The fourth-order valence-electron chi connectivity index (χ4n) is 3.10. The first-order valence-corrected chi connectivity index (χ1v) is 8.54. The summed E-state index contributed by atoms with van der Waals surface area (Å²) in [6.45, 7) is 5.50. The molecular weight excluding hydrogens is 345 g/mol. The smallest absolute Gasteiger partial charge is 0.543 e. The van der Waals surface area contributed by atoms with E-state index in [-0.39, 0.29) is 46.9 Å². The van der Waals surface area contributed by atoms with Gasteiger partial charge in [0, 0.05) is 10.8 Å². The minimum atomic E-state index is -1.44. The number of esters is 1. The number of fused-ring (bicyclic) bond motifs is 1. The summed E-state index contributed by atoms with van der Waals surface area (Å²) in [5.74, 6) is -3.21. The molecule has 1 saturated heterocycles. The topological polar surface area (TPSA) is 107 Å². The van der Waals surface area contributed by atoms with Crippen LogP contribution in [0.4, 0.5) is 0 Å². The standard InChI is InChI=1S/C15H21NO6S.Na/c1-4-5-22-9(18)6-23-13-7(2)11-10(8(3)17)14(19)16(11)12(13)15(20)21;/h7-8,10-11,17H,4-6H2,1-3H3,(H,20,21);/q;+1/p-1/t7-,8-,10-,11-;/m1./s1. The summed E-state index contributed by atoms with van der Waals surface area (Å²) in [6, 6.07) is -0.399. The van der Waals surface area contributed by atoms with Crippen molar-refractivity contribution in [2.45, 2.75) is 39.3 Å². The van der Waals surface area contributed by atoms with E-state index >= 15 is 0 Å². The van der Waals surface area contributed by atoms with Gasteiger partial charge in [0.15, 0.2) is 0 Å². The summed E-state index contributed by atoms with van der Waals surface area (Å²) in [4.78, 5) is 36.8. The number of ether oxygens (including phenoxy) is 1. The van der Waals surface area contributed by atoms with E-state index in [4.69, 9.17) is 4.74 Å². The Morgan fingerprint density at radius 2 is 2.08 bits per heavy atom. The Bertz CT molecular complexity index is 564. The molecule has 128 valence electrons. The first-order chi connectivity index (χ1) is 10.8. The van der Waals surface area contributed by atoms with Crippen LogP contribution in [0.2, 0.25) is 0 Å². The molecule has 2 heterocycles. The minimum Gasteiger partial charge on any atom is -0.543 e. The molecule has 0 aromatic rings. The summed E-state index contributed by atoms with van der Waals surface area (Å²) < 4.78 is 4.97. The Morgan fingerprint density at radius 3 is 2.58 bits per heavy atom. The van der Waals surface area contributed by atoms with Crippen molar-refractivity contribution >= 4 is 29.6 Å². The fourth-order valence-corrected chi connectivity index (χ4v) is 4.18. The van der Waals surface area contributed by atoms with Crippen LogP contribution in [0.1, 0.15) is 27.2 Å². The zero-order chi connectivity index (χ0) is 17.3. The number of nitrogens with zero attached hydrogens (tertiary/aromatic N) is 1. The molecule has 4 atom stereocenters. The first kappa shape index (κ1) is 21.5. The van der Waals surface area contributed by atoms with Crippen molar-refractivity contribution in [1.29, 1.82) is 0 Å². The monoisotopic (exact) mass is 365 g/mol. The maximum atomic E-state index is 12.1. The molecule has 24 heavy (non-hydrogen) atoms. The van der Waals surface area contributed by atoms with Crippen molar-refractivity contribution < 1.29 is 58.9 Å². The Labute approximate surface area is 167 Å². The van der Waals surface area contributed by atoms with Crippen LogP contribution in [0.3, 0.4) is 0 Å². The van der Waals surface area contributed by atoms with Gasteiger partial charge in [-0.1, -0.05) is 13.8 Å². The maximum Gasteiger partial charge on any atom is 1.00 e. The number of aliphatic hydroxyl groups excluding tert-OH is 1. The molecule has 1 amide bonds. The van der Waals surface area contributed by atoms with Gasteiger partial charge >= 0.3 is 35.5 Å². The predicted molar refractivity (Wildman–Crippen MR) is 80.7 cm³/mol. The molecule has 7 nitrogen and oxygen atoms in total. The second-order valence-corrected chi connectivity index (χ2v) is 6.78. The molecule has 1 N–H and O–H groups in total. The van der Waals surface area contributed by atoms with Crippen molar-refractivity contribution in [3.05, 3.63) is 10.6 Å². The van der Waals surface area contributed by atoms with Gasteiger partial charge in [0.25, 0.3) is 0 Å². The van der Waals surface area contributed by atoms with Crippen LogP contribution < -0.4 is 34.7 Å². The number of amides is 1. The number of aliphatic carboxylic acids is 1. The molecule has 9 heteroatoms. The van der Waals surface area contributed by atoms with E-state index in [1.165, 1.54) is 11.8 Å². The van der Waals surface area contributed by atoms with Gasteiger partial charge in [-0.25, -0.2) is 0 Å². The van der Waals surface area contributed by atoms with E-state index in [0.717, 1.165) is 11.8 Å². The van der Waals surface area contributed by atoms with Gasteiger partial charge in [-0.3, -0.25) is 9.59 Å². The van der Waals surface area contributed by atoms with Gasteiger partial charge in [0.1, 0.15) is 0 Å². The minimum absolute atomic E-state index is 0. The van der Waals surface area contributed by atoms with E-state index in [0.29, 0.717) is 17.9 Å². The Morgan fingerprint density at radius 1 is 1.46 bits per heavy atom. The van der Waals surface area contributed by atoms with Crippen LogP contribution in [0, 0.1) is 11.8 Å². The number of carbonyl (C=O) groups excluding carboxylic acids is 3. The number of carbonyl (C=O) groups is 3. The van der Waals surface area contributed by atoms with Gasteiger partial charge in [0.2, 0.25) is 5.91 Å². The molecule has 0 unspecified atom stereocenters. The second-order valence-electron chi connectivity index (χ2n) is 5.76. The average Bonchev–Trinajstić information content (AvgIpc) is 2.71. The van der Waals surface area contributed by atoms with Crippen molar-refractivity contribution in [2.75, 3.05) is 12.4 Å². The number of β-lactam (4-membered cyclic amide) rings is 1. The maximum absolute atomic E-state index is 12.1. The zero-order valence-corrected chi connectivity index (χ0v) is 17.1. The molecule has 0 aromatic carbocycles. The molecule has 0 saturated carbocycles. The normalized spacial score (nSPS) is 26.4. The van der Waals surface area contributed by atoms with Crippen LogP contribution in [0.5, 0.6) is 0 Å². The third-order valence-corrected chi connectivity index (χ3v) is 5.37. The predicted octanol–water partition coefficient (Wildman–Crippen LogP) is -3.50. The number of carboxylic acid groups (broad SMARTS) is 1. The largest absolute Gasteiger partial charge is 1.00 e. The summed E-state index contributed by atoms with van der Waals surface area (Å²) in [6.07, 6.45) is -0.145. The molecule has 1 fully saturated rings. The summed E-state index contributed by atoms with van der Waals surface area (Å²) >= 11 is 1.06. The number of aliphatic hydroxyl groups is 1. The molecule has 0 aromatic heterocycles. The van der Waals surface area contributed by atoms with E-state index in [2.05, 4.69) is 0 Å². The molecule has 2 aliphatic rings. The number of carboxylic acids is 1. The van der Waals surface area contributed by atoms with Gasteiger partial charge < -0.3 is 24.6 Å². The van der Waals surface area contributed by atoms with Crippen molar-refractivity contribution in [3.8, 4) is 0 Å². The number of rotatable bonds is 7. The third-order valence-electron chi connectivity index (χ3n) is 4.11. The van der Waals surface area contributed by atoms with Gasteiger partial charge in [-0.05, 0) is 13.3 Å². The quantitative estimate of drug-likeness (QED) is 0.283. The summed E-state index contributed by atoms with van der Waals surface area (Å²) in [5.41, 5.74) is -0.183. The zero-order valence-electron chi connectivity index (χ0n) is 14.3. The summed E-state index contributed by atoms with van der Waals surface area (Å²) in [7, 11) is 0. The van der Waals surface area contributed by atoms with Crippen molar-refractivity contribution in [2.24, 2.45) is 11.8 Å². The Balaban J connectivity index is 0.00000288. The van der Waals surface area contributed by atoms with E-state index in [1.54, 1.807) is 6.92 Å². The van der Waals surface area contributed by atoms with E-state index in [1.807, 2.05) is 6.92 Å². The molecular formula is C15H20NNaO6S. The molecule has 0 radical (unpaired) electrons. The van der Waals surface area contributed by atoms with Crippen LogP contribution in [-0.2, 0) is 19.1 Å². The van der Waals surface area contributed by atoms with Gasteiger partial charge in [-0.2, -0.15) is 0 Å². The number of hydrogen-bond donors (Lipinski definition) is 1. The van der Waals surface area contributed by atoms with Crippen molar-refractivity contribution in [1.82, 2.24) is 4.90 Å². The average molecular weight is 365 g/mol. The third kappa shape index (κ3) is 3.83. The van der Waals surface area contributed by atoms with Crippen LogP contribution >= 0.6 is 11.8 Å². The van der Waals surface area contributed by atoms with Crippen LogP contribution in [0.25, 0.3) is 0 Å². The summed E-state index contributed by atoms with van der Waals surface area (Å²) in [5, 5.41) is 21.2. The molecule has 2 aliphatic heterocycles. The SMILES string of the molecule is CCCOC(=O)CSC1=C(C(=O)[O-])N2C(=O)[C@H]([C@@H](C)O)[C@H]2[C@H]1C.[Na+]. The van der Waals surface area contributed by atoms with Crippen LogP contribution in [0.15, 0.2) is 10.6 Å². The number of thioether (sulfide) groups is 1. The molecule has 0 aliphatic carbocycles. The van der Waals surface area contributed by atoms with Gasteiger partial charge in [0.05, 0.1) is 42.1 Å². The Hall–Kier alpha value is -0.540. The fraction of sp³-hybridized carbons (Fsp3) is 0.667. The van der Waals surface area contributed by atoms with E-state index in [9.17, 15) is 24.6 Å². The van der Waals surface area contributed by atoms with E-state index < -0.39 is 35.9 Å². The van der Waals surface area contributed by atoms with Gasteiger partial charge in [-0.15, -0.1) is 11.8 Å². The molecule has 0 bridgehead atoms. The van der Waals surface area contributed by atoms with Crippen LogP contribution in [-0.4, -0.2) is 52.4 Å².